The van der Waals surface area contributed by atoms with E-state index in [0.29, 0.717) is 26.3 Å². The fourth-order valence-electron chi connectivity index (χ4n) is 1.30. The zero-order chi connectivity index (χ0) is 11.7. The van der Waals surface area contributed by atoms with Gasteiger partial charge in [0.05, 0.1) is 13.2 Å². The van der Waals surface area contributed by atoms with E-state index >= 15 is 0 Å². The van der Waals surface area contributed by atoms with E-state index in [9.17, 15) is 0 Å². The van der Waals surface area contributed by atoms with E-state index in [4.69, 9.17) is 19.7 Å². The quantitative estimate of drug-likeness (QED) is 0.432. The molecule has 0 spiro atoms. The van der Waals surface area contributed by atoms with Crippen molar-refractivity contribution in [1.29, 1.82) is 0 Å². The van der Waals surface area contributed by atoms with Gasteiger partial charge in [-0.2, -0.15) is 0 Å². The first-order valence-corrected chi connectivity index (χ1v) is 5.75. The summed E-state index contributed by atoms with van der Waals surface area (Å²) in [5.74, 6) is 0. The van der Waals surface area contributed by atoms with Gasteiger partial charge < -0.3 is 19.7 Å². The van der Waals surface area contributed by atoms with Crippen molar-refractivity contribution in [2.45, 2.75) is 19.5 Å². The lowest BCUT2D eigenvalue weighted by molar-refractivity contribution is -0.254. The molecule has 1 atom stereocenters. The number of rotatable bonds is 9. The van der Waals surface area contributed by atoms with Crippen LogP contribution in [0.2, 0.25) is 0 Å². The molecule has 1 unspecified atom stereocenters. The third-order valence-corrected chi connectivity index (χ3v) is 2.58. The molecule has 0 rings (SSSR count). The predicted octanol–water partition coefficient (Wildman–Crippen LogP) is -0.168. The minimum atomic E-state index is -0.949. The summed E-state index contributed by atoms with van der Waals surface area (Å²) < 4.78 is 11.0. The summed E-state index contributed by atoms with van der Waals surface area (Å²) >= 11 is 0. The largest absolute Gasteiger partial charge is 0.395 e. The molecule has 0 fully saturated rings. The Morgan fingerprint density at radius 3 is 1.73 bits per heavy atom. The molecule has 0 saturated carbocycles. The average molecular weight is 239 g/mol. The van der Waals surface area contributed by atoms with Crippen molar-refractivity contribution < 1.29 is 19.7 Å². The molecule has 0 aliphatic rings. The lowest BCUT2D eigenvalue weighted by atomic mass is 10.5. The molecule has 0 heterocycles. The fraction of sp³-hybridized carbons (Fsp3) is 1.00. The summed E-state index contributed by atoms with van der Waals surface area (Å²) in [6, 6.07) is 0. The summed E-state index contributed by atoms with van der Waals surface area (Å²) in [5.41, 5.74) is -0.949. The van der Waals surface area contributed by atoms with Crippen molar-refractivity contribution in [3.63, 3.8) is 0 Å². The molecule has 0 radical (unpaired) electrons. The molecule has 0 amide bonds. The molecule has 0 bridgehead atoms. The van der Waals surface area contributed by atoms with E-state index in [1.807, 2.05) is 13.8 Å². The second kappa shape index (κ2) is 8.39. The lowest BCUT2D eigenvalue weighted by Crippen LogP contribution is -2.50. The highest BCUT2D eigenvalue weighted by Crippen LogP contribution is 2.26. The van der Waals surface area contributed by atoms with Crippen molar-refractivity contribution in [1.82, 2.24) is 4.90 Å². The molecule has 6 heteroatoms. The molecule has 0 aromatic rings. The van der Waals surface area contributed by atoms with Gasteiger partial charge in [-0.3, -0.25) is 0 Å². The summed E-state index contributed by atoms with van der Waals surface area (Å²) in [4.78, 5) is 1.74. The molecular formula is C9H22NO4P. The van der Waals surface area contributed by atoms with Crippen LogP contribution in [0.15, 0.2) is 0 Å². The average Bonchev–Trinajstić information content (AvgIpc) is 2.18. The fourth-order valence-corrected chi connectivity index (χ4v) is 1.89. The van der Waals surface area contributed by atoms with E-state index in [1.165, 1.54) is 0 Å². The van der Waals surface area contributed by atoms with Crippen molar-refractivity contribution in [3.05, 3.63) is 0 Å². The monoisotopic (exact) mass is 239 g/mol. The Morgan fingerprint density at radius 2 is 1.47 bits per heavy atom. The van der Waals surface area contributed by atoms with Gasteiger partial charge in [-0.1, -0.05) is 9.24 Å². The minimum Gasteiger partial charge on any atom is -0.395 e. The van der Waals surface area contributed by atoms with E-state index in [1.54, 1.807) is 4.90 Å². The van der Waals surface area contributed by atoms with Gasteiger partial charge in [-0.25, -0.2) is 4.90 Å². The van der Waals surface area contributed by atoms with Crippen molar-refractivity contribution in [3.8, 4) is 0 Å². The van der Waals surface area contributed by atoms with Gasteiger partial charge in [-0.15, -0.1) is 0 Å². The Labute approximate surface area is 93.6 Å². The topological polar surface area (TPSA) is 62.2 Å². The highest BCUT2D eigenvalue weighted by atomic mass is 31.0. The van der Waals surface area contributed by atoms with Crippen LogP contribution in [0.4, 0.5) is 0 Å². The number of nitrogens with zero attached hydrogens (tertiary/aromatic N) is 1. The van der Waals surface area contributed by atoms with E-state index in [0.717, 1.165) is 0 Å². The Bertz CT molecular complexity index is 147. The van der Waals surface area contributed by atoms with E-state index < -0.39 is 5.65 Å². The maximum absolute atomic E-state index is 8.92. The van der Waals surface area contributed by atoms with Crippen LogP contribution < -0.4 is 0 Å². The molecule has 15 heavy (non-hydrogen) atoms. The van der Waals surface area contributed by atoms with Gasteiger partial charge >= 0.3 is 0 Å². The van der Waals surface area contributed by atoms with Crippen LogP contribution in [0, 0.1) is 0 Å². The lowest BCUT2D eigenvalue weighted by Gasteiger charge is -2.39. The van der Waals surface area contributed by atoms with Gasteiger partial charge in [0.25, 0.3) is 0 Å². The Kier molecular flexibility index (Phi) is 8.52. The Hall–Kier alpha value is 0.230. The number of ether oxygens (including phenoxy) is 2. The summed E-state index contributed by atoms with van der Waals surface area (Å²) in [6.45, 7) is 5.51. The summed E-state index contributed by atoms with van der Waals surface area (Å²) in [6.07, 6.45) is 0. The predicted molar refractivity (Wildman–Crippen MR) is 61.4 cm³/mol. The van der Waals surface area contributed by atoms with Gasteiger partial charge in [0.2, 0.25) is 5.65 Å². The first-order chi connectivity index (χ1) is 7.14. The molecular weight excluding hydrogens is 217 g/mol. The van der Waals surface area contributed by atoms with Crippen molar-refractivity contribution in [2.24, 2.45) is 0 Å². The number of aliphatic hydroxyl groups is 2. The first-order valence-electron chi connectivity index (χ1n) is 5.18. The van der Waals surface area contributed by atoms with Crippen LogP contribution in [0.1, 0.15) is 13.8 Å². The van der Waals surface area contributed by atoms with Crippen LogP contribution in [-0.2, 0) is 9.47 Å². The molecule has 92 valence electrons. The zero-order valence-corrected chi connectivity index (χ0v) is 10.6. The molecule has 0 aromatic heterocycles. The maximum atomic E-state index is 8.92. The zero-order valence-electron chi connectivity index (χ0n) is 9.48. The highest BCUT2D eigenvalue weighted by molar-refractivity contribution is 7.18. The standard InChI is InChI=1S/C9H22NO4P/c1-3-13-9(15,14-4-2)10(5-7-11)6-8-12/h11-12H,3-8,15H2,1-2H3. The molecule has 2 N–H and O–H groups in total. The van der Waals surface area contributed by atoms with Crippen molar-refractivity contribution in [2.75, 3.05) is 39.5 Å². The third kappa shape index (κ3) is 5.20. The number of hydrogen-bond acceptors (Lipinski definition) is 5. The smallest absolute Gasteiger partial charge is 0.242 e. The van der Waals surface area contributed by atoms with Gasteiger partial charge in [0.15, 0.2) is 0 Å². The van der Waals surface area contributed by atoms with Gasteiger partial charge in [0.1, 0.15) is 0 Å². The molecule has 0 aromatic carbocycles. The molecule has 0 aliphatic heterocycles. The van der Waals surface area contributed by atoms with Crippen molar-refractivity contribution >= 4 is 9.24 Å². The second-order valence-electron chi connectivity index (χ2n) is 2.93. The van der Waals surface area contributed by atoms with Crippen LogP contribution in [0.5, 0.6) is 0 Å². The number of hydrogen-bond donors (Lipinski definition) is 2. The van der Waals surface area contributed by atoms with Crippen LogP contribution in [0.25, 0.3) is 0 Å². The van der Waals surface area contributed by atoms with Crippen LogP contribution in [-0.4, -0.2) is 60.3 Å². The normalized spacial score (nSPS) is 12.4. The van der Waals surface area contributed by atoms with Crippen LogP contribution >= 0.6 is 9.24 Å². The van der Waals surface area contributed by atoms with Crippen LogP contribution in [0.3, 0.4) is 0 Å². The van der Waals surface area contributed by atoms with E-state index in [-0.39, 0.29) is 13.2 Å². The SMILES string of the molecule is CCOC(P)(OCC)N(CCO)CCO. The Balaban J connectivity index is 4.48. The maximum Gasteiger partial charge on any atom is 0.242 e. The van der Waals surface area contributed by atoms with E-state index in [2.05, 4.69) is 9.24 Å². The number of aliphatic hydroxyl groups excluding tert-OH is 2. The summed E-state index contributed by atoms with van der Waals surface area (Å²) in [5, 5.41) is 17.8. The highest BCUT2D eigenvalue weighted by Gasteiger charge is 2.32. The molecule has 0 aliphatic carbocycles. The first kappa shape index (κ1) is 15.2. The molecule has 0 saturated heterocycles. The minimum absolute atomic E-state index is 0.00367. The Morgan fingerprint density at radius 1 is 1.07 bits per heavy atom. The second-order valence-corrected chi connectivity index (χ2v) is 3.66. The van der Waals surface area contributed by atoms with Gasteiger partial charge in [-0.05, 0) is 13.8 Å². The third-order valence-electron chi connectivity index (χ3n) is 1.88. The summed E-state index contributed by atoms with van der Waals surface area (Å²) in [7, 11) is 2.48. The molecule has 5 nitrogen and oxygen atoms in total. The van der Waals surface area contributed by atoms with Gasteiger partial charge in [0, 0.05) is 26.3 Å².